The van der Waals surface area contributed by atoms with Crippen molar-refractivity contribution in [3.05, 3.63) is 30.1 Å². The van der Waals surface area contributed by atoms with E-state index in [1.807, 2.05) is 6.07 Å². The van der Waals surface area contributed by atoms with Crippen LogP contribution in [-0.4, -0.2) is 19.3 Å². The first-order chi connectivity index (χ1) is 7.86. The monoisotopic (exact) mass is 223 g/mol. The standard InChI is InChI=1S/C13H18FNO/c14-12-7-3-4-8-13(12)15-9-10-16-11-5-1-2-6-11/h3-4,7-8,11,15H,1-2,5-6,9-10H2. The van der Waals surface area contributed by atoms with Crippen molar-refractivity contribution < 1.29 is 9.13 Å². The van der Waals surface area contributed by atoms with Crippen LogP contribution in [0.4, 0.5) is 10.1 Å². The van der Waals surface area contributed by atoms with Crippen LogP contribution in [-0.2, 0) is 4.74 Å². The van der Waals surface area contributed by atoms with Gasteiger partial charge >= 0.3 is 0 Å². The van der Waals surface area contributed by atoms with Crippen LogP contribution >= 0.6 is 0 Å². The lowest BCUT2D eigenvalue weighted by Crippen LogP contribution is -2.15. The Balaban J connectivity index is 1.66. The summed E-state index contributed by atoms with van der Waals surface area (Å²) in [7, 11) is 0. The maximum atomic E-state index is 13.2. The van der Waals surface area contributed by atoms with Gasteiger partial charge in [0.25, 0.3) is 0 Å². The molecule has 88 valence electrons. The molecule has 0 heterocycles. The highest BCUT2D eigenvalue weighted by Gasteiger charge is 2.14. The van der Waals surface area contributed by atoms with Gasteiger partial charge < -0.3 is 10.1 Å². The Kier molecular flexibility index (Phi) is 4.17. The van der Waals surface area contributed by atoms with Crippen molar-refractivity contribution in [3.63, 3.8) is 0 Å². The second-order valence-corrected chi connectivity index (χ2v) is 4.18. The number of hydrogen-bond donors (Lipinski definition) is 1. The van der Waals surface area contributed by atoms with Crippen molar-refractivity contribution in [2.75, 3.05) is 18.5 Å². The molecule has 1 aliphatic carbocycles. The summed E-state index contributed by atoms with van der Waals surface area (Å²) in [6.45, 7) is 1.32. The molecule has 1 aliphatic rings. The lowest BCUT2D eigenvalue weighted by Gasteiger charge is -2.12. The molecule has 1 fully saturated rings. The third kappa shape index (κ3) is 3.20. The molecule has 0 amide bonds. The molecule has 1 saturated carbocycles. The molecule has 16 heavy (non-hydrogen) atoms. The fraction of sp³-hybridized carbons (Fsp3) is 0.538. The number of para-hydroxylation sites is 1. The van der Waals surface area contributed by atoms with Crippen LogP contribution in [0.1, 0.15) is 25.7 Å². The van der Waals surface area contributed by atoms with Gasteiger partial charge in [0.05, 0.1) is 18.4 Å². The average Bonchev–Trinajstić information content (AvgIpc) is 2.79. The Morgan fingerprint density at radius 2 is 2.00 bits per heavy atom. The Hall–Kier alpha value is -1.09. The topological polar surface area (TPSA) is 21.3 Å². The molecule has 2 nitrogen and oxygen atoms in total. The second kappa shape index (κ2) is 5.85. The van der Waals surface area contributed by atoms with E-state index in [1.165, 1.54) is 31.7 Å². The van der Waals surface area contributed by atoms with Gasteiger partial charge in [0.2, 0.25) is 0 Å². The summed E-state index contributed by atoms with van der Waals surface area (Å²) < 4.78 is 18.9. The highest BCUT2D eigenvalue weighted by atomic mass is 19.1. The van der Waals surface area contributed by atoms with Crippen LogP contribution in [0.5, 0.6) is 0 Å². The molecule has 0 bridgehead atoms. The Morgan fingerprint density at radius 1 is 1.25 bits per heavy atom. The minimum absolute atomic E-state index is 0.205. The number of benzene rings is 1. The van der Waals surface area contributed by atoms with E-state index in [9.17, 15) is 4.39 Å². The fourth-order valence-corrected chi connectivity index (χ4v) is 2.07. The van der Waals surface area contributed by atoms with E-state index in [2.05, 4.69) is 5.32 Å². The maximum Gasteiger partial charge on any atom is 0.146 e. The Bertz CT molecular complexity index is 323. The normalized spacial score (nSPS) is 16.6. The molecular weight excluding hydrogens is 205 g/mol. The molecule has 1 aromatic rings. The summed E-state index contributed by atoms with van der Waals surface area (Å²) in [5.41, 5.74) is 0.553. The van der Waals surface area contributed by atoms with Gasteiger partial charge in [0, 0.05) is 6.54 Å². The predicted molar refractivity (Wildman–Crippen MR) is 63.1 cm³/mol. The first-order valence-corrected chi connectivity index (χ1v) is 5.96. The average molecular weight is 223 g/mol. The van der Waals surface area contributed by atoms with Gasteiger partial charge in [-0.15, -0.1) is 0 Å². The van der Waals surface area contributed by atoms with Crippen molar-refractivity contribution in [2.24, 2.45) is 0 Å². The van der Waals surface area contributed by atoms with Crippen LogP contribution in [0.25, 0.3) is 0 Å². The van der Waals surface area contributed by atoms with Crippen LogP contribution in [0.2, 0.25) is 0 Å². The lowest BCUT2D eigenvalue weighted by molar-refractivity contribution is 0.0659. The van der Waals surface area contributed by atoms with Crippen LogP contribution in [0.3, 0.4) is 0 Å². The zero-order valence-corrected chi connectivity index (χ0v) is 9.42. The maximum absolute atomic E-state index is 13.2. The molecule has 0 spiro atoms. The van der Waals surface area contributed by atoms with Gasteiger partial charge in [-0.1, -0.05) is 25.0 Å². The zero-order valence-electron chi connectivity index (χ0n) is 9.42. The Labute approximate surface area is 95.8 Å². The van der Waals surface area contributed by atoms with Crippen LogP contribution in [0, 0.1) is 5.82 Å². The fourth-order valence-electron chi connectivity index (χ4n) is 2.07. The molecular formula is C13H18FNO. The third-order valence-corrected chi connectivity index (χ3v) is 2.95. The van der Waals surface area contributed by atoms with Crippen molar-refractivity contribution >= 4 is 5.69 Å². The summed E-state index contributed by atoms with van der Waals surface area (Å²) in [5, 5.41) is 3.04. The minimum Gasteiger partial charge on any atom is -0.380 e. The van der Waals surface area contributed by atoms with E-state index in [0.29, 0.717) is 24.9 Å². The smallest absolute Gasteiger partial charge is 0.146 e. The molecule has 2 rings (SSSR count). The Morgan fingerprint density at radius 3 is 2.75 bits per heavy atom. The quantitative estimate of drug-likeness (QED) is 0.774. The highest BCUT2D eigenvalue weighted by Crippen LogP contribution is 2.20. The minimum atomic E-state index is -0.205. The molecule has 0 saturated heterocycles. The van der Waals surface area contributed by atoms with Gasteiger partial charge in [-0.3, -0.25) is 0 Å². The second-order valence-electron chi connectivity index (χ2n) is 4.18. The molecule has 0 aliphatic heterocycles. The highest BCUT2D eigenvalue weighted by molar-refractivity contribution is 5.44. The lowest BCUT2D eigenvalue weighted by atomic mass is 10.3. The summed E-state index contributed by atoms with van der Waals surface area (Å²) in [6, 6.07) is 6.71. The van der Waals surface area contributed by atoms with Gasteiger partial charge in [-0.25, -0.2) is 4.39 Å². The number of anilines is 1. The van der Waals surface area contributed by atoms with Gasteiger partial charge in [0.1, 0.15) is 5.82 Å². The van der Waals surface area contributed by atoms with E-state index in [1.54, 1.807) is 12.1 Å². The predicted octanol–water partition coefficient (Wildman–Crippen LogP) is 3.20. The summed E-state index contributed by atoms with van der Waals surface area (Å²) >= 11 is 0. The molecule has 0 unspecified atom stereocenters. The zero-order chi connectivity index (χ0) is 11.2. The third-order valence-electron chi connectivity index (χ3n) is 2.95. The molecule has 0 aromatic heterocycles. The van der Waals surface area contributed by atoms with E-state index < -0.39 is 0 Å². The van der Waals surface area contributed by atoms with Crippen LogP contribution in [0.15, 0.2) is 24.3 Å². The summed E-state index contributed by atoms with van der Waals surface area (Å²) in [6.07, 6.45) is 5.36. The SMILES string of the molecule is Fc1ccccc1NCCOC1CCCC1. The largest absolute Gasteiger partial charge is 0.380 e. The van der Waals surface area contributed by atoms with Crippen molar-refractivity contribution in [1.29, 1.82) is 0 Å². The summed E-state index contributed by atoms with van der Waals surface area (Å²) in [4.78, 5) is 0. The van der Waals surface area contributed by atoms with Crippen molar-refractivity contribution in [3.8, 4) is 0 Å². The summed E-state index contributed by atoms with van der Waals surface area (Å²) in [5.74, 6) is -0.205. The molecule has 3 heteroatoms. The first-order valence-electron chi connectivity index (χ1n) is 5.96. The number of rotatable bonds is 5. The molecule has 0 radical (unpaired) electrons. The van der Waals surface area contributed by atoms with Crippen molar-refractivity contribution in [2.45, 2.75) is 31.8 Å². The van der Waals surface area contributed by atoms with Crippen molar-refractivity contribution in [1.82, 2.24) is 0 Å². The van der Waals surface area contributed by atoms with Gasteiger partial charge in [-0.2, -0.15) is 0 Å². The van der Waals surface area contributed by atoms with Gasteiger partial charge in [0.15, 0.2) is 0 Å². The molecule has 1 N–H and O–H groups in total. The molecule has 0 atom stereocenters. The number of ether oxygens (including phenoxy) is 1. The van der Waals surface area contributed by atoms with Crippen LogP contribution < -0.4 is 5.32 Å². The first kappa shape index (κ1) is 11.4. The molecule has 1 aromatic carbocycles. The van der Waals surface area contributed by atoms with E-state index >= 15 is 0 Å². The number of nitrogens with one attached hydrogen (secondary N) is 1. The number of halogens is 1. The van der Waals surface area contributed by atoms with Gasteiger partial charge in [-0.05, 0) is 25.0 Å². The van der Waals surface area contributed by atoms with E-state index in [4.69, 9.17) is 4.74 Å². The van der Waals surface area contributed by atoms with E-state index in [0.717, 1.165) is 0 Å². The van der Waals surface area contributed by atoms with E-state index in [-0.39, 0.29) is 5.82 Å². The number of hydrogen-bond acceptors (Lipinski definition) is 2.